The van der Waals surface area contributed by atoms with Gasteiger partial charge in [-0.15, -0.1) is 0 Å². The van der Waals surface area contributed by atoms with Crippen LogP contribution in [0.15, 0.2) is 72.9 Å². The SMILES string of the molecule is Cc1cc(C)cc(N2C(=S)N[C@@H](c3ccccn3)[C@H]2c2cc(C)n(-c3ccccc3C(=O)O)c2C)c1. The van der Waals surface area contributed by atoms with Crippen LogP contribution in [0.1, 0.15) is 56.2 Å². The average molecular weight is 497 g/mol. The van der Waals surface area contributed by atoms with Gasteiger partial charge in [0.15, 0.2) is 5.11 Å². The molecule has 2 aromatic carbocycles. The first-order valence-electron chi connectivity index (χ1n) is 11.9. The van der Waals surface area contributed by atoms with Gasteiger partial charge in [-0.05, 0) is 99.1 Å². The first-order valence-corrected chi connectivity index (χ1v) is 12.3. The molecule has 0 radical (unpaired) electrons. The maximum absolute atomic E-state index is 12.0. The number of para-hydroxylation sites is 1. The Morgan fingerprint density at radius 1 is 0.972 bits per heavy atom. The molecular weight excluding hydrogens is 468 g/mol. The number of rotatable bonds is 5. The average Bonchev–Trinajstić information content (AvgIpc) is 3.34. The monoisotopic (exact) mass is 496 g/mol. The number of aromatic carboxylic acids is 1. The number of pyridine rings is 1. The van der Waals surface area contributed by atoms with Crippen molar-refractivity contribution >= 4 is 29.0 Å². The van der Waals surface area contributed by atoms with E-state index in [1.807, 2.05) is 48.7 Å². The molecule has 3 heterocycles. The fraction of sp³-hybridized carbons (Fsp3) is 0.207. The van der Waals surface area contributed by atoms with Crippen molar-refractivity contribution in [3.8, 4) is 5.69 Å². The van der Waals surface area contributed by atoms with Gasteiger partial charge in [-0.25, -0.2) is 4.79 Å². The molecule has 5 rings (SSSR count). The number of thiocarbonyl (C=S) groups is 1. The van der Waals surface area contributed by atoms with E-state index in [2.05, 4.69) is 53.3 Å². The molecule has 7 heteroatoms. The second kappa shape index (κ2) is 9.24. The van der Waals surface area contributed by atoms with Crippen LogP contribution in [-0.2, 0) is 0 Å². The minimum atomic E-state index is -0.952. The minimum Gasteiger partial charge on any atom is -0.478 e. The van der Waals surface area contributed by atoms with Gasteiger partial charge >= 0.3 is 5.97 Å². The Kier molecular flexibility index (Phi) is 6.10. The van der Waals surface area contributed by atoms with Crippen molar-refractivity contribution in [1.29, 1.82) is 0 Å². The number of carboxylic acid groups (broad SMARTS) is 1. The Morgan fingerprint density at radius 2 is 1.67 bits per heavy atom. The quantitative estimate of drug-likeness (QED) is 0.331. The van der Waals surface area contributed by atoms with Gasteiger partial charge in [0.1, 0.15) is 0 Å². The van der Waals surface area contributed by atoms with Gasteiger partial charge in [-0.2, -0.15) is 0 Å². The van der Waals surface area contributed by atoms with Crippen molar-refractivity contribution in [2.24, 2.45) is 0 Å². The standard InChI is InChI=1S/C29H28N4O2S/c1-17-13-18(2)15-21(14-17)33-27(26(31-29(33)36)24-10-7-8-12-30-24)23-16-19(3)32(20(23)4)25-11-6-5-9-22(25)28(34)35/h5-16,26-27H,1-4H3,(H,31,36)(H,34,35)/t26-,27+/m0/s1. The largest absolute Gasteiger partial charge is 0.478 e. The zero-order valence-electron chi connectivity index (χ0n) is 20.7. The normalized spacial score (nSPS) is 17.3. The lowest BCUT2D eigenvalue weighted by molar-refractivity contribution is 0.0697. The van der Waals surface area contributed by atoms with Gasteiger partial charge in [0.25, 0.3) is 0 Å². The molecule has 6 nitrogen and oxygen atoms in total. The van der Waals surface area contributed by atoms with Crippen LogP contribution in [0.5, 0.6) is 0 Å². The first kappa shape index (κ1) is 23.8. The summed E-state index contributed by atoms with van der Waals surface area (Å²) in [4.78, 5) is 18.8. The second-order valence-electron chi connectivity index (χ2n) is 9.33. The van der Waals surface area contributed by atoms with Crippen LogP contribution in [0.2, 0.25) is 0 Å². The molecule has 36 heavy (non-hydrogen) atoms. The fourth-order valence-electron chi connectivity index (χ4n) is 5.35. The molecule has 0 unspecified atom stereocenters. The summed E-state index contributed by atoms with van der Waals surface area (Å²) in [6, 6.07) is 21.2. The van der Waals surface area contributed by atoms with E-state index in [-0.39, 0.29) is 17.6 Å². The number of nitrogens with zero attached hydrogens (tertiary/aromatic N) is 3. The molecule has 0 amide bonds. The summed E-state index contributed by atoms with van der Waals surface area (Å²) in [7, 11) is 0. The fourth-order valence-corrected chi connectivity index (χ4v) is 5.69. The van der Waals surface area contributed by atoms with Gasteiger partial charge < -0.3 is 19.9 Å². The van der Waals surface area contributed by atoms with Crippen LogP contribution >= 0.6 is 12.2 Å². The Balaban J connectivity index is 1.72. The van der Waals surface area contributed by atoms with Crippen LogP contribution in [0.25, 0.3) is 5.69 Å². The summed E-state index contributed by atoms with van der Waals surface area (Å²) in [6.07, 6.45) is 1.79. The second-order valence-corrected chi connectivity index (χ2v) is 9.71. The molecule has 4 aromatic rings. The van der Waals surface area contributed by atoms with Crippen molar-refractivity contribution in [1.82, 2.24) is 14.9 Å². The van der Waals surface area contributed by atoms with E-state index < -0.39 is 5.97 Å². The predicted octanol–water partition coefficient (Wildman–Crippen LogP) is 5.98. The van der Waals surface area contributed by atoms with Crippen LogP contribution in [-0.4, -0.2) is 25.7 Å². The molecule has 0 spiro atoms. The number of benzene rings is 2. The Labute approximate surface area is 216 Å². The lowest BCUT2D eigenvalue weighted by Gasteiger charge is -2.29. The van der Waals surface area contributed by atoms with Crippen LogP contribution in [0, 0.1) is 27.7 Å². The number of aromatic nitrogens is 2. The zero-order valence-corrected chi connectivity index (χ0v) is 21.5. The van der Waals surface area contributed by atoms with Gasteiger partial charge in [-0.3, -0.25) is 4.98 Å². The molecule has 1 fully saturated rings. The van der Waals surface area contributed by atoms with E-state index >= 15 is 0 Å². The zero-order chi connectivity index (χ0) is 25.6. The smallest absolute Gasteiger partial charge is 0.337 e. The molecule has 2 N–H and O–H groups in total. The molecule has 0 aliphatic carbocycles. The number of hydrogen-bond acceptors (Lipinski definition) is 3. The summed E-state index contributed by atoms with van der Waals surface area (Å²) in [5.74, 6) is -0.952. The first-order chi connectivity index (χ1) is 17.3. The van der Waals surface area contributed by atoms with Gasteiger partial charge in [0.05, 0.1) is 29.0 Å². The topological polar surface area (TPSA) is 70.4 Å². The molecule has 1 aliphatic heterocycles. The van der Waals surface area contributed by atoms with Gasteiger partial charge in [0.2, 0.25) is 0 Å². The van der Waals surface area contributed by atoms with Gasteiger partial charge in [0, 0.05) is 23.3 Å². The third kappa shape index (κ3) is 4.05. The van der Waals surface area contributed by atoms with E-state index in [1.54, 1.807) is 18.3 Å². The van der Waals surface area contributed by atoms with E-state index in [9.17, 15) is 9.90 Å². The number of carbonyl (C=O) groups is 1. The molecule has 2 aromatic heterocycles. The maximum Gasteiger partial charge on any atom is 0.337 e. The summed E-state index contributed by atoms with van der Waals surface area (Å²) >= 11 is 5.90. The van der Waals surface area contributed by atoms with Crippen LogP contribution in [0.4, 0.5) is 5.69 Å². The van der Waals surface area contributed by atoms with E-state index in [4.69, 9.17) is 12.2 Å². The molecule has 0 bridgehead atoms. The van der Waals surface area contributed by atoms with Crippen LogP contribution in [0.3, 0.4) is 0 Å². The van der Waals surface area contributed by atoms with E-state index in [0.29, 0.717) is 10.8 Å². The summed E-state index contributed by atoms with van der Waals surface area (Å²) in [5, 5.41) is 14.0. The number of nitrogens with one attached hydrogen (secondary N) is 1. The Bertz CT molecular complexity index is 1460. The van der Waals surface area contributed by atoms with Crippen molar-refractivity contribution in [2.75, 3.05) is 4.90 Å². The van der Waals surface area contributed by atoms with E-state index in [0.717, 1.165) is 39.5 Å². The molecular formula is C29H28N4O2S. The Hall–Kier alpha value is -3.97. The number of anilines is 1. The molecule has 2 atom stereocenters. The lowest BCUT2D eigenvalue weighted by atomic mass is 9.96. The molecule has 182 valence electrons. The lowest BCUT2D eigenvalue weighted by Crippen LogP contribution is -2.29. The van der Waals surface area contributed by atoms with Crippen molar-refractivity contribution in [2.45, 2.75) is 39.8 Å². The Morgan fingerprint density at radius 3 is 2.33 bits per heavy atom. The molecule has 0 saturated carbocycles. The highest BCUT2D eigenvalue weighted by Gasteiger charge is 2.42. The van der Waals surface area contributed by atoms with Gasteiger partial charge in [-0.1, -0.05) is 24.3 Å². The molecule has 1 saturated heterocycles. The third-order valence-electron chi connectivity index (χ3n) is 6.75. The van der Waals surface area contributed by atoms with Crippen molar-refractivity contribution < 1.29 is 9.90 Å². The highest BCUT2D eigenvalue weighted by Crippen LogP contribution is 2.44. The summed E-state index contributed by atoms with van der Waals surface area (Å²) in [6.45, 7) is 8.22. The number of hydrogen-bond donors (Lipinski definition) is 2. The third-order valence-corrected chi connectivity index (χ3v) is 7.06. The summed E-state index contributed by atoms with van der Waals surface area (Å²) in [5.41, 5.74) is 8.13. The maximum atomic E-state index is 12.0. The number of carboxylic acids is 1. The van der Waals surface area contributed by atoms with Crippen LogP contribution < -0.4 is 10.2 Å². The predicted molar refractivity (Wildman–Crippen MR) is 146 cm³/mol. The molecule has 1 aliphatic rings. The van der Waals surface area contributed by atoms with Crippen molar-refractivity contribution in [3.05, 3.63) is 112 Å². The highest BCUT2D eigenvalue weighted by atomic mass is 32.1. The minimum absolute atomic E-state index is 0.175. The summed E-state index contributed by atoms with van der Waals surface area (Å²) < 4.78 is 2.02. The highest BCUT2D eigenvalue weighted by molar-refractivity contribution is 7.80. The van der Waals surface area contributed by atoms with E-state index in [1.165, 1.54) is 0 Å². The van der Waals surface area contributed by atoms with Crippen molar-refractivity contribution in [3.63, 3.8) is 0 Å². The number of aryl methyl sites for hydroxylation is 3.